The lowest BCUT2D eigenvalue weighted by Crippen LogP contribution is -2.20. The first-order valence-corrected chi connectivity index (χ1v) is 7.96. The lowest BCUT2D eigenvalue weighted by Gasteiger charge is -2.25. The number of fused-ring (bicyclic) bond motifs is 1. The molecule has 1 N–H and O–H groups in total. The molecule has 24 heavy (non-hydrogen) atoms. The monoisotopic (exact) mass is 328 g/mol. The van der Waals surface area contributed by atoms with Gasteiger partial charge in [0.05, 0.1) is 20.1 Å². The van der Waals surface area contributed by atoms with Crippen LogP contribution >= 0.6 is 0 Å². The van der Waals surface area contributed by atoms with E-state index >= 15 is 0 Å². The van der Waals surface area contributed by atoms with Crippen LogP contribution in [0.5, 0.6) is 23.0 Å². The standard InChI is InChI=1S/C19H20O5/c1-3-8-23-16-7-4-12(9-18(16)22-2)15-11-19(21)24-17-10-13(20)5-6-14(15)17/h4-7,9-10,15,20H,3,8,11H2,1-2H3. The first-order valence-electron chi connectivity index (χ1n) is 7.96. The number of phenolic OH excluding ortho intramolecular Hbond substituents is 1. The summed E-state index contributed by atoms with van der Waals surface area (Å²) in [6.07, 6.45) is 1.16. The number of carbonyl (C=O) groups is 1. The molecule has 0 radical (unpaired) electrons. The van der Waals surface area contributed by atoms with Crippen LogP contribution in [0.1, 0.15) is 36.8 Å². The Morgan fingerprint density at radius 3 is 2.79 bits per heavy atom. The molecular weight excluding hydrogens is 308 g/mol. The van der Waals surface area contributed by atoms with E-state index in [0.717, 1.165) is 17.5 Å². The number of aromatic hydroxyl groups is 1. The molecule has 2 aromatic carbocycles. The molecular formula is C19H20O5. The number of hydrogen-bond acceptors (Lipinski definition) is 5. The number of methoxy groups -OCH3 is 1. The summed E-state index contributed by atoms with van der Waals surface area (Å²) >= 11 is 0. The highest BCUT2D eigenvalue weighted by atomic mass is 16.5. The molecule has 1 atom stereocenters. The Hall–Kier alpha value is -2.69. The van der Waals surface area contributed by atoms with Crippen molar-refractivity contribution in [3.05, 3.63) is 47.5 Å². The minimum Gasteiger partial charge on any atom is -0.508 e. The van der Waals surface area contributed by atoms with E-state index in [-0.39, 0.29) is 24.1 Å². The minimum absolute atomic E-state index is 0.0723. The molecule has 126 valence electrons. The maximum Gasteiger partial charge on any atom is 0.312 e. The van der Waals surface area contributed by atoms with Crippen molar-refractivity contribution in [3.8, 4) is 23.0 Å². The highest BCUT2D eigenvalue weighted by Gasteiger charge is 2.29. The molecule has 0 aromatic heterocycles. The van der Waals surface area contributed by atoms with Crippen LogP contribution < -0.4 is 14.2 Å². The second-order valence-corrected chi connectivity index (χ2v) is 5.71. The van der Waals surface area contributed by atoms with Crippen molar-refractivity contribution < 1.29 is 24.1 Å². The molecule has 0 bridgehead atoms. The van der Waals surface area contributed by atoms with Crippen LogP contribution in [-0.2, 0) is 4.79 Å². The maximum absolute atomic E-state index is 11.9. The highest BCUT2D eigenvalue weighted by Crippen LogP contribution is 2.42. The van der Waals surface area contributed by atoms with Crippen molar-refractivity contribution in [1.82, 2.24) is 0 Å². The molecule has 1 heterocycles. The normalized spacial score (nSPS) is 16.2. The van der Waals surface area contributed by atoms with Gasteiger partial charge >= 0.3 is 5.97 Å². The Morgan fingerprint density at radius 1 is 1.21 bits per heavy atom. The van der Waals surface area contributed by atoms with Gasteiger partial charge in [0.25, 0.3) is 0 Å². The van der Waals surface area contributed by atoms with Gasteiger partial charge in [-0.15, -0.1) is 0 Å². The number of carbonyl (C=O) groups excluding carboxylic acids is 1. The van der Waals surface area contributed by atoms with Gasteiger partial charge in [0, 0.05) is 17.5 Å². The van der Waals surface area contributed by atoms with E-state index in [9.17, 15) is 9.90 Å². The predicted molar refractivity (Wildman–Crippen MR) is 89.0 cm³/mol. The fourth-order valence-corrected chi connectivity index (χ4v) is 2.87. The smallest absolute Gasteiger partial charge is 0.312 e. The summed E-state index contributed by atoms with van der Waals surface area (Å²) in [4.78, 5) is 11.9. The maximum atomic E-state index is 11.9. The molecule has 0 spiro atoms. The number of phenols is 1. The van der Waals surface area contributed by atoms with Crippen LogP contribution in [0.25, 0.3) is 0 Å². The summed E-state index contributed by atoms with van der Waals surface area (Å²) in [6, 6.07) is 10.5. The summed E-state index contributed by atoms with van der Waals surface area (Å²) in [5.41, 5.74) is 1.82. The summed E-state index contributed by atoms with van der Waals surface area (Å²) in [5.74, 6) is 1.34. The molecule has 1 unspecified atom stereocenters. The van der Waals surface area contributed by atoms with E-state index in [0.29, 0.717) is 23.9 Å². The largest absolute Gasteiger partial charge is 0.508 e. The third-order valence-electron chi connectivity index (χ3n) is 4.02. The van der Waals surface area contributed by atoms with Crippen molar-refractivity contribution in [1.29, 1.82) is 0 Å². The van der Waals surface area contributed by atoms with Gasteiger partial charge < -0.3 is 19.3 Å². The Kier molecular flexibility index (Phi) is 4.60. The van der Waals surface area contributed by atoms with Gasteiger partial charge in [0.15, 0.2) is 11.5 Å². The minimum atomic E-state index is -0.316. The van der Waals surface area contributed by atoms with Crippen LogP contribution in [0.3, 0.4) is 0 Å². The van der Waals surface area contributed by atoms with Gasteiger partial charge in [0.2, 0.25) is 0 Å². The van der Waals surface area contributed by atoms with E-state index in [1.165, 1.54) is 6.07 Å². The van der Waals surface area contributed by atoms with Gasteiger partial charge in [-0.25, -0.2) is 0 Å². The number of benzene rings is 2. The molecule has 5 nitrogen and oxygen atoms in total. The van der Waals surface area contributed by atoms with Crippen LogP contribution in [-0.4, -0.2) is 24.8 Å². The lowest BCUT2D eigenvalue weighted by molar-refractivity contribution is -0.135. The van der Waals surface area contributed by atoms with Gasteiger partial charge in [0.1, 0.15) is 11.5 Å². The molecule has 3 rings (SSSR count). The first-order chi connectivity index (χ1) is 11.6. The Labute approximate surface area is 140 Å². The molecule has 5 heteroatoms. The zero-order valence-corrected chi connectivity index (χ0v) is 13.7. The Morgan fingerprint density at radius 2 is 2.04 bits per heavy atom. The number of ether oxygens (including phenoxy) is 3. The van der Waals surface area contributed by atoms with Crippen LogP contribution in [0, 0.1) is 0 Å². The second kappa shape index (κ2) is 6.83. The zero-order valence-electron chi connectivity index (χ0n) is 13.7. The molecule has 0 fully saturated rings. The van der Waals surface area contributed by atoms with Gasteiger partial charge in [-0.1, -0.05) is 19.1 Å². The van der Waals surface area contributed by atoms with Crippen molar-refractivity contribution in [2.75, 3.05) is 13.7 Å². The lowest BCUT2D eigenvalue weighted by atomic mass is 9.86. The average molecular weight is 328 g/mol. The Bertz CT molecular complexity index is 753. The first kappa shape index (κ1) is 16.2. The van der Waals surface area contributed by atoms with Crippen molar-refractivity contribution in [3.63, 3.8) is 0 Å². The molecule has 0 saturated heterocycles. The van der Waals surface area contributed by atoms with E-state index in [4.69, 9.17) is 14.2 Å². The van der Waals surface area contributed by atoms with Crippen molar-refractivity contribution in [2.24, 2.45) is 0 Å². The topological polar surface area (TPSA) is 65.0 Å². The van der Waals surface area contributed by atoms with Crippen LogP contribution in [0.2, 0.25) is 0 Å². The van der Waals surface area contributed by atoms with E-state index in [2.05, 4.69) is 0 Å². The zero-order chi connectivity index (χ0) is 17.1. The molecule has 1 aliphatic rings. The third-order valence-corrected chi connectivity index (χ3v) is 4.02. The van der Waals surface area contributed by atoms with E-state index < -0.39 is 0 Å². The fourth-order valence-electron chi connectivity index (χ4n) is 2.87. The Balaban J connectivity index is 1.98. The fraction of sp³-hybridized carbons (Fsp3) is 0.316. The number of esters is 1. The third kappa shape index (κ3) is 3.15. The van der Waals surface area contributed by atoms with E-state index in [1.54, 1.807) is 19.2 Å². The molecule has 0 saturated carbocycles. The van der Waals surface area contributed by atoms with Crippen LogP contribution in [0.4, 0.5) is 0 Å². The van der Waals surface area contributed by atoms with Gasteiger partial charge in [-0.3, -0.25) is 4.79 Å². The number of rotatable bonds is 5. The van der Waals surface area contributed by atoms with Gasteiger partial charge in [-0.2, -0.15) is 0 Å². The average Bonchev–Trinajstić information content (AvgIpc) is 2.58. The molecule has 0 aliphatic carbocycles. The van der Waals surface area contributed by atoms with Gasteiger partial charge in [-0.05, 0) is 30.2 Å². The van der Waals surface area contributed by atoms with Crippen molar-refractivity contribution >= 4 is 5.97 Å². The van der Waals surface area contributed by atoms with E-state index in [1.807, 2.05) is 25.1 Å². The highest BCUT2D eigenvalue weighted by molar-refractivity contribution is 5.78. The molecule has 1 aliphatic heterocycles. The summed E-state index contributed by atoms with van der Waals surface area (Å²) in [6.45, 7) is 2.66. The summed E-state index contributed by atoms with van der Waals surface area (Å²) < 4.78 is 16.3. The quantitative estimate of drug-likeness (QED) is 0.671. The number of hydrogen-bond donors (Lipinski definition) is 1. The second-order valence-electron chi connectivity index (χ2n) is 5.71. The molecule has 0 amide bonds. The van der Waals surface area contributed by atoms with Crippen LogP contribution in [0.15, 0.2) is 36.4 Å². The summed E-state index contributed by atoms with van der Waals surface area (Å²) in [5, 5.41) is 9.60. The SMILES string of the molecule is CCCOc1ccc(C2CC(=O)Oc3cc(O)ccc32)cc1OC. The summed E-state index contributed by atoms with van der Waals surface area (Å²) in [7, 11) is 1.60. The molecule has 2 aromatic rings. The van der Waals surface area contributed by atoms with Crippen molar-refractivity contribution in [2.45, 2.75) is 25.7 Å². The predicted octanol–water partition coefficient (Wildman–Crippen LogP) is 3.63.